The molecule has 0 aromatic heterocycles. The summed E-state index contributed by atoms with van der Waals surface area (Å²) < 4.78 is 11.1. The zero-order valence-electron chi connectivity index (χ0n) is 10.1. The minimum absolute atomic E-state index is 0.127. The molecule has 1 heterocycles. The summed E-state index contributed by atoms with van der Waals surface area (Å²) in [5.74, 6) is 2.57. The van der Waals surface area contributed by atoms with E-state index in [9.17, 15) is 5.11 Å². The lowest BCUT2D eigenvalue weighted by molar-refractivity contribution is -0.000869. The Morgan fingerprint density at radius 3 is 2.71 bits per heavy atom. The van der Waals surface area contributed by atoms with E-state index in [0.29, 0.717) is 25.0 Å². The van der Waals surface area contributed by atoms with E-state index >= 15 is 0 Å². The van der Waals surface area contributed by atoms with Gasteiger partial charge in [-0.05, 0) is 36.0 Å². The lowest BCUT2D eigenvalue weighted by atomic mass is 9.66. The molecule has 3 unspecified atom stereocenters. The fourth-order valence-corrected chi connectivity index (χ4v) is 2.91. The molecule has 1 aromatic rings. The Hall–Kier alpha value is -1.22. The molecule has 1 aliphatic heterocycles. The summed E-state index contributed by atoms with van der Waals surface area (Å²) in [7, 11) is 0. The Morgan fingerprint density at radius 2 is 2.00 bits per heavy atom. The first-order valence-corrected chi connectivity index (χ1v) is 6.37. The molecule has 3 heteroatoms. The molecule has 3 nitrogen and oxygen atoms in total. The summed E-state index contributed by atoms with van der Waals surface area (Å²) in [6.07, 6.45) is 1.77. The smallest absolute Gasteiger partial charge is 0.161 e. The highest BCUT2D eigenvalue weighted by molar-refractivity contribution is 5.45. The maximum atomic E-state index is 9.72. The van der Waals surface area contributed by atoms with Crippen molar-refractivity contribution in [1.29, 1.82) is 0 Å². The molecule has 1 aromatic carbocycles. The number of ether oxygens (including phenoxy) is 2. The fourth-order valence-electron chi connectivity index (χ4n) is 2.91. The third-order valence-electron chi connectivity index (χ3n) is 3.97. The molecule has 0 bridgehead atoms. The predicted octanol–water partition coefficient (Wildman–Crippen LogP) is 2.33. The molecule has 92 valence electrons. The minimum Gasteiger partial charge on any atom is -0.486 e. The van der Waals surface area contributed by atoms with Crippen LogP contribution in [-0.4, -0.2) is 24.4 Å². The number of hydrogen-bond acceptors (Lipinski definition) is 3. The fraction of sp³-hybridized carbons (Fsp3) is 0.571. The maximum Gasteiger partial charge on any atom is 0.161 e. The van der Waals surface area contributed by atoms with E-state index in [1.807, 2.05) is 6.07 Å². The summed E-state index contributed by atoms with van der Waals surface area (Å²) in [6, 6.07) is 6.17. The summed E-state index contributed by atoms with van der Waals surface area (Å²) in [4.78, 5) is 0. The molecule has 3 atom stereocenters. The Balaban J connectivity index is 1.84. The van der Waals surface area contributed by atoms with E-state index < -0.39 is 0 Å². The summed E-state index contributed by atoms with van der Waals surface area (Å²) in [5, 5.41) is 9.72. The van der Waals surface area contributed by atoms with Crippen LogP contribution in [0, 0.1) is 5.92 Å². The first-order chi connectivity index (χ1) is 8.29. The molecule has 0 saturated heterocycles. The molecule has 1 N–H and O–H groups in total. The molecular weight excluding hydrogens is 216 g/mol. The maximum absolute atomic E-state index is 9.72. The van der Waals surface area contributed by atoms with Crippen molar-refractivity contribution in [3.8, 4) is 11.5 Å². The number of aliphatic hydroxyl groups excluding tert-OH is 1. The second-order valence-electron chi connectivity index (χ2n) is 4.88. The lowest BCUT2D eigenvalue weighted by Crippen LogP contribution is -2.39. The molecule has 1 aliphatic carbocycles. The topological polar surface area (TPSA) is 38.7 Å². The van der Waals surface area contributed by atoms with E-state index in [2.05, 4.69) is 19.1 Å². The molecule has 1 saturated carbocycles. The van der Waals surface area contributed by atoms with Gasteiger partial charge in [0.15, 0.2) is 11.5 Å². The molecule has 0 radical (unpaired) electrons. The van der Waals surface area contributed by atoms with Crippen LogP contribution in [0.2, 0.25) is 0 Å². The second-order valence-corrected chi connectivity index (χ2v) is 4.88. The van der Waals surface area contributed by atoms with Crippen molar-refractivity contribution in [1.82, 2.24) is 0 Å². The van der Waals surface area contributed by atoms with Gasteiger partial charge in [-0.3, -0.25) is 0 Å². The summed E-state index contributed by atoms with van der Waals surface area (Å²) >= 11 is 0. The quantitative estimate of drug-likeness (QED) is 0.853. The van der Waals surface area contributed by atoms with Gasteiger partial charge in [-0.2, -0.15) is 0 Å². The van der Waals surface area contributed by atoms with Gasteiger partial charge in [0.25, 0.3) is 0 Å². The van der Waals surface area contributed by atoms with Gasteiger partial charge in [-0.25, -0.2) is 0 Å². The van der Waals surface area contributed by atoms with E-state index in [-0.39, 0.29) is 6.10 Å². The number of rotatable bonds is 2. The third kappa shape index (κ3) is 1.78. The first-order valence-electron chi connectivity index (χ1n) is 6.37. The Morgan fingerprint density at radius 1 is 1.24 bits per heavy atom. The van der Waals surface area contributed by atoms with Gasteiger partial charge in [0.2, 0.25) is 0 Å². The Kier molecular flexibility index (Phi) is 2.71. The van der Waals surface area contributed by atoms with Gasteiger partial charge >= 0.3 is 0 Å². The first kappa shape index (κ1) is 10.9. The van der Waals surface area contributed by atoms with Crippen LogP contribution < -0.4 is 9.47 Å². The van der Waals surface area contributed by atoms with Gasteiger partial charge in [0.1, 0.15) is 13.2 Å². The highest BCUT2D eigenvalue weighted by atomic mass is 16.6. The molecule has 17 heavy (non-hydrogen) atoms. The van der Waals surface area contributed by atoms with Crippen LogP contribution in [-0.2, 0) is 0 Å². The molecule has 0 amide bonds. The summed E-state index contributed by atoms with van der Waals surface area (Å²) in [5.41, 5.74) is 1.27. The van der Waals surface area contributed by atoms with Crippen molar-refractivity contribution in [2.45, 2.75) is 31.8 Å². The monoisotopic (exact) mass is 234 g/mol. The van der Waals surface area contributed by atoms with Gasteiger partial charge in [0, 0.05) is 0 Å². The van der Waals surface area contributed by atoms with Crippen LogP contribution in [0.25, 0.3) is 0 Å². The normalized spacial score (nSPS) is 30.8. The number of aliphatic hydroxyl groups is 1. The van der Waals surface area contributed by atoms with Crippen LogP contribution in [0.1, 0.15) is 31.2 Å². The highest BCUT2D eigenvalue weighted by Gasteiger charge is 2.39. The van der Waals surface area contributed by atoms with Crippen LogP contribution in [0.3, 0.4) is 0 Å². The van der Waals surface area contributed by atoms with E-state index in [0.717, 1.165) is 24.3 Å². The zero-order chi connectivity index (χ0) is 11.8. The van der Waals surface area contributed by atoms with Crippen molar-refractivity contribution in [2.24, 2.45) is 5.92 Å². The Labute approximate surface area is 101 Å². The van der Waals surface area contributed by atoms with Crippen molar-refractivity contribution in [2.75, 3.05) is 13.2 Å². The third-order valence-corrected chi connectivity index (χ3v) is 3.97. The predicted molar refractivity (Wildman–Crippen MR) is 64.6 cm³/mol. The molecule has 3 rings (SSSR count). The van der Waals surface area contributed by atoms with Gasteiger partial charge in [-0.1, -0.05) is 19.4 Å². The zero-order valence-corrected chi connectivity index (χ0v) is 10.1. The van der Waals surface area contributed by atoms with Crippen LogP contribution in [0.15, 0.2) is 18.2 Å². The van der Waals surface area contributed by atoms with Gasteiger partial charge < -0.3 is 14.6 Å². The largest absolute Gasteiger partial charge is 0.486 e. The van der Waals surface area contributed by atoms with Crippen LogP contribution in [0.4, 0.5) is 0 Å². The van der Waals surface area contributed by atoms with Crippen LogP contribution in [0.5, 0.6) is 11.5 Å². The average molecular weight is 234 g/mol. The minimum atomic E-state index is -0.127. The standard InChI is InChI=1S/C14H18O3/c1-2-10-11(8-12(10)15)9-3-4-13-14(7-9)17-6-5-16-13/h3-4,7,10-12,15H,2,5-6,8H2,1H3. The average Bonchev–Trinajstić information content (AvgIpc) is 2.36. The SMILES string of the molecule is CCC1C(O)CC1c1ccc2c(c1)OCCO2. The van der Waals surface area contributed by atoms with Crippen LogP contribution >= 0.6 is 0 Å². The van der Waals surface area contributed by atoms with Gasteiger partial charge in [-0.15, -0.1) is 0 Å². The van der Waals surface area contributed by atoms with E-state index in [4.69, 9.17) is 9.47 Å². The van der Waals surface area contributed by atoms with Crippen molar-refractivity contribution in [3.05, 3.63) is 23.8 Å². The second kappa shape index (κ2) is 4.22. The Bertz CT molecular complexity index is 416. The van der Waals surface area contributed by atoms with E-state index in [1.54, 1.807) is 0 Å². The van der Waals surface area contributed by atoms with E-state index in [1.165, 1.54) is 5.56 Å². The van der Waals surface area contributed by atoms with Crippen molar-refractivity contribution >= 4 is 0 Å². The number of fused-ring (bicyclic) bond motifs is 1. The van der Waals surface area contributed by atoms with Gasteiger partial charge in [0.05, 0.1) is 6.10 Å². The molecule has 1 fully saturated rings. The number of benzene rings is 1. The van der Waals surface area contributed by atoms with Crippen molar-refractivity contribution < 1.29 is 14.6 Å². The highest BCUT2D eigenvalue weighted by Crippen LogP contribution is 2.46. The molecule has 0 spiro atoms. The van der Waals surface area contributed by atoms with Crippen molar-refractivity contribution in [3.63, 3.8) is 0 Å². The lowest BCUT2D eigenvalue weighted by Gasteiger charge is -2.42. The summed E-state index contributed by atoms with van der Waals surface area (Å²) in [6.45, 7) is 3.39. The molecular formula is C14H18O3. The molecule has 2 aliphatic rings. The number of hydrogen-bond donors (Lipinski definition) is 1.